The lowest BCUT2D eigenvalue weighted by atomic mass is 10.2. The van der Waals surface area contributed by atoms with Gasteiger partial charge in [-0.15, -0.1) is 0 Å². The summed E-state index contributed by atoms with van der Waals surface area (Å²) in [5.74, 6) is 1.99. The summed E-state index contributed by atoms with van der Waals surface area (Å²) in [4.78, 5) is 4.25. The number of rotatable bonds is 4. The van der Waals surface area contributed by atoms with Crippen LogP contribution in [-0.2, 0) is 6.61 Å². The SMILES string of the molecule is N#Cc1ccc(Cl)cc1OCc1noc(C2CC2)n1. The van der Waals surface area contributed by atoms with E-state index in [1.165, 1.54) is 0 Å². The second-order valence-corrected chi connectivity index (χ2v) is 4.80. The Bertz CT molecular complexity index is 644. The van der Waals surface area contributed by atoms with Gasteiger partial charge in [0.05, 0.1) is 5.56 Å². The van der Waals surface area contributed by atoms with E-state index in [-0.39, 0.29) is 6.61 Å². The Morgan fingerprint density at radius 1 is 1.47 bits per heavy atom. The molecule has 1 aromatic heterocycles. The lowest BCUT2D eigenvalue weighted by Crippen LogP contribution is -1.99. The zero-order valence-corrected chi connectivity index (χ0v) is 10.7. The third kappa shape index (κ3) is 2.69. The predicted molar refractivity (Wildman–Crippen MR) is 66.8 cm³/mol. The molecule has 0 atom stereocenters. The van der Waals surface area contributed by atoms with Gasteiger partial charge in [-0.1, -0.05) is 16.8 Å². The highest BCUT2D eigenvalue weighted by atomic mass is 35.5. The van der Waals surface area contributed by atoms with Crippen molar-refractivity contribution < 1.29 is 9.26 Å². The average Bonchev–Trinajstić information content (AvgIpc) is 3.16. The molecule has 1 heterocycles. The van der Waals surface area contributed by atoms with E-state index < -0.39 is 0 Å². The highest BCUT2D eigenvalue weighted by molar-refractivity contribution is 6.30. The maximum Gasteiger partial charge on any atom is 0.229 e. The number of nitriles is 1. The van der Waals surface area contributed by atoms with Crippen LogP contribution in [-0.4, -0.2) is 10.1 Å². The minimum atomic E-state index is 0.158. The van der Waals surface area contributed by atoms with Crippen LogP contribution in [0.25, 0.3) is 0 Å². The lowest BCUT2D eigenvalue weighted by molar-refractivity contribution is 0.284. The summed E-state index contributed by atoms with van der Waals surface area (Å²) in [6, 6.07) is 6.90. The van der Waals surface area contributed by atoms with Crippen molar-refractivity contribution in [1.29, 1.82) is 5.26 Å². The molecule has 6 heteroatoms. The molecule has 1 aliphatic rings. The van der Waals surface area contributed by atoms with Gasteiger partial charge >= 0.3 is 0 Å². The normalized spacial score (nSPS) is 14.1. The molecule has 0 unspecified atom stereocenters. The minimum Gasteiger partial charge on any atom is -0.484 e. The number of halogens is 1. The van der Waals surface area contributed by atoms with Crippen LogP contribution in [0.1, 0.15) is 36.0 Å². The zero-order chi connectivity index (χ0) is 13.2. The highest BCUT2D eigenvalue weighted by Crippen LogP contribution is 2.38. The molecule has 19 heavy (non-hydrogen) atoms. The van der Waals surface area contributed by atoms with Crippen molar-refractivity contribution >= 4 is 11.6 Å². The zero-order valence-electron chi connectivity index (χ0n) is 9.97. The molecule has 1 fully saturated rings. The summed E-state index contributed by atoms with van der Waals surface area (Å²) in [5.41, 5.74) is 0.426. The third-order valence-electron chi connectivity index (χ3n) is 2.83. The van der Waals surface area contributed by atoms with Crippen LogP contribution in [0.3, 0.4) is 0 Å². The van der Waals surface area contributed by atoms with Crippen molar-refractivity contribution in [2.24, 2.45) is 0 Å². The third-order valence-corrected chi connectivity index (χ3v) is 3.07. The summed E-state index contributed by atoms with van der Waals surface area (Å²) < 4.78 is 10.6. The standard InChI is InChI=1S/C13H10ClN3O2/c14-10-4-3-9(6-15)11(5-10)18-7-12-16-13(19-17-12)8-1-2-8/h3-5,8H,1-2,7H2. The van der Waals surface area contributed by atoms with E-state index >= 15 is 0 Å². The molecule has 1 saturated carbocycles. The molecular weight excluding hydrogens is 266 g/mol. The van der Waals surface area contributed by atoms with E-state index in [9.17, 15) is 0 Å². The van der Waals surface area contributed by atoms with Gasteiger partial charge in [-0.2, -0.15) is 10.2 Å². The Labute approximate surface area is 114 Å². The van der Waals surface area contributed by atoms with E-state index in [1.807, 2.05) is 6.07 Å². The van der Waals surface area contributed by atoms with Crippen LogP contribution >= 0.6 is 11.6 Å². The van der Waals surface area contributed by atoms with E-state index in [0.29, 0.717) is 34.0 Å². The Kier molecular flexibility index (Phi) is 3.10. The molecule has 96 valence electrons. The van der Waals surface area contributed by atoms with Crippen LogP contribution in [0.2, 0.25) is 5.02 Å². The maximum atomic E-state index is 8.97. The van der Waals surface area contributed by atoms with Gasteiger partial charge in [0.25, 0.3) is 0 Å². The van der Waals surface area contributed by atoms with Crippen LogP contribution in [0.5, 0.6) is 5.75 Å². The first-order chi connectivity index (χ1) is 9.26. The van der Waals surface area contributed by atoms with Gasteiger partial charge in [0.1, 0.15) is 11.8 Å². The average molecular weight is 276 g/mol. The van der Waals surface area contributed by atoms with Crippen molar-refractivity contribution in [2.75, 3.05) is 0 Å². The fourth-order valence-electron chi connectivity index (χ4n) is 1.67. The molecule has 1 aliphatic carbocycles. The second-order valence-electron chi connectivity index (χ2n) is 4.36. The summed E-state index contributed by atoms with van der Waals surface area (Å²) in [5, 5.41) is 13.3. The smallest absolute Gasteiger partial charge is 0.229 e. The number of benzene rings is 1. The largest absolute Gasteiger partial charge is 0.484 e. The van der Waals surface area contributed by atoms with Crippen LogP contribution in [0, 0.1) is 11.3 Å². The van der Waals surface area contributed by atoms with Gasteiger partial charge in [0.2, 0.25) is 11.7 Å². The molecule has 1 aromatic carbocycles. The number of ether oxygens (including phenoxy) is 1. The van der Waals surface area contributed by atoms with Gasteiger partial charge in [-0.25, -0.2) is 0 Å². The second kappa shape index (κ2) is 4.90. The van der Waals surface area contributed by atoms with Gasteiger partial charge in [-0.05, 0) is 25.0 Å². The lowest BCUT2D eigenvalue weighted by Gasteiger charge is -2.05. The van der Waals surface area contributed by atoms with Gasteiger partial charge in [-0.3, -0.25) is 0 Å². The van der Waals surface area contributed by atoms with Crippen LogP contribution in [0.4, 0.5) is 0 Å². The number of hydrogen-bond donors (Lipinski definition) is 0. The van der Waals surface area contributed by atoms with E-state index in [1.54, 1.807) is 18.2 Å². The molecule has 0 aliphatic heterocycles. The molecule has 2 aromatic rings. The van der Waals surface area contributed by atoms with Gasteiger partial charge in [0, 0.05) is 17.0 Å². The van der Waals surface area contributed by atoms with Crippen molar-refractivity contribution in [2.45, 2.75) is 25.4 Å². The molecule has 0 radical (unpaired) electrons. The van der Waals surface area contributed by atoms with E-state index in [4.69, 9.17) is 26.1 Å². The summed E-state index contributed by atoms with van der Waals surface area (Å²) in [6.07, 6.45) is 2.21. The van der Waals surface area contributed by atoms with Crippen LogP contribution < -0.4 is 4.74 Å². The van der Waals surface area contributed by atoms with Crippen molar-refractivity contribution in [1.82, 2.24) is 10.1 Å². The Morgan fingerprint density at radius 2 is 2.32 bits per heavy atom. The molecular formula is C13H10ClN3O2. The Hall–Kier alpha value is -2.06. The minimum absolute atomic E-state index is 0.158. The molecule has 0 bridgehead atoms. The van der Waals surface area contributed by atoms with Crippen molar-refractivity contribution in [3.05, 3.63) is 40.5 Å². The molecule has 3 rings (SSSR count). The summed E-state index contributed by atoms with van der Waals surface area (Å²) in [7, 11) is 0. The highest BCUT2D eigenvalue weighted by Gasteiger charge is 2.29. The van der Waals surface area contributed by atoms with Gasteiger partial charge in [0.15, 0.2) is 6.61 Å². The van der Waals surface area contributed by atoms with Gasteiger partial charge < -0.3 is 9.26 Å². The number of hydrogen-bond acceptors (Lipinski definition) is 5. The fourth-order valence-corrected chi connectivity index (χ4v) is 1.83. The molecule has 5 nitrogen and oxygen atoms in total. The fraction of sp³-hybridized carbons (Fsp3) is 0.308. The monoisotopic (exact) mass is 275 g/mol. The molecule has 0 saturated heterocycles. The number of aromatic nitrogens is 2. The first kappa shape index (κ1) is 12.0. The first-order valence-electron chi connectivity index (χ1n) is 5.91. The number of nitrogens with zero attached hydrogens (tertiary/aromatic N) is 3. The summed E-state index contributed by atoms with van der Waals surface area (Å²) in [6.45, 7) is 0.158. The van der Waals surface area contributed by atoms with Crippen molar-refractivity contribution in [3.8, 4) is 11.8 Å². The Balaban J connectivity index is 1.71. The molecule has 0 N–H and O–H groups in total. The topological polar surface area (TPSA) is 71.9 Å². The molecule has 0 spiro atoms. The van der Waals surface area contributed by atoms with E-state index in [2.05, 4.69) is 10.1 Å². The molecule has 0 amide bonds. The first-order valence-corrected chi connectivity index (χ1v) is 6.29. The maximum absolute atomic E-state index is 8.97. The predicted octanol–water partition coefficient (Wildman–Crippen LogP) is 3.05. The van der Waals surface area contributed by atoms with Crippen LogP contribution in [0.15, 0.2) is 22.7 Å². The van der Waals surface area contributed by atoms with Crippen molar-refractivity contribution in [3.63, 3.8) is 0 Å². The Morgan fingerprint density at radius 3 is 3.05 bits per heavy atom. The summed E-state index contributed by atoms with van der Waals surface area (Å²) >= 11 is 5.87. The van der Waals surface area contributed by atoms with E-state index in [0.717, 1.165) is 12.8 Å². The quantitative estimate of drug-likeness (QED) is 0.857.